The quantitative estimate of drug-likeness (QED) is 0.403. The molecule has 4 rings (SSSR count). The van der Waals surface area contributed by atoms with E-state index in [2.05, 4.69) is 0 Å². The third-order valence-electron chi connectivity index (χ3n) is 5.53. The van der Waals surface area contributed by atoms with Crippen LogP contribution in [0.25, 0.3) is 10.2 Å². The van der Waals surface area contributed by atoms with Crippen LogP contribution in [0.1, 0.15) is 21.6 Å². The summed E-state index contributed by atoms with van der Waals surface area (Å²) in [6.45, 7) is 3.92. The molecule has 0 saturated carbocycles. The van der Waals surface area contributed by atoms with Crippen LogP contribution in [0.2, 0.25) is 0 Å². The van der Waals surface area contributed by atoms with E-state index in [1.165, 1.54) is 20.5 Å². The number of hydrogen-bond donors (Lipinski definition) is 0. The van der Waals surface area contributed by atoms with Gasteiger partial charge in [-0.15, -0.1) is 11.3 Å². The Hall–Kier alpha value is -3.45. The summed E-state index contributed by atoms with van der Waals surface area (Å²) in [6, 6.07) is 19.1. The molecule has 2 aromatic carbocycles. The molecule has 0 radical (unpaired) electrons. The maximum absolute atomic E-state index is 13.3. The average Bonchev–Trinajstić information content (AvgIpc) is 3.11. The molecule has 0 spiro atoms. The summed E-state index contributed by atoms with van der Waals surface area (Å²) in [7, 11) is 0. The monoisotopic (exact) mass is 448 g/mol. The number of fused-ring (bicyclic) bond motifs is 1. The van der Waals surface area contributed by atoms with Gasteiger partial charge in [-0.25, -0.2) is 4.79 Å². The van der Waals surface area contributed by atoms with Gasteiger partial charge in [-0.3, -0.25) is 18.7 Å². The first kappa shape index (κ1) is 21.8. The normalized spacial score (nSPS) is 11.1. The molecule has 0 saturated heterocycles. The molecule has 0 unspecified atom stereocenters. The summed E-state index contributed by atoms with van der Waals surface area (Å²) in [5.74, 6) is -0.519. The van der Waals surface area contributed by atoms with Gasteiger partial charge in [0.05, 0.1) is 5.39 Å². The maximum atomic E-state index is 13.3. The SMILES string of the molecule is Cc1sc2c(c1C)c(=O)n(CCc1ccccc1)c(=O)n2CC(=O)OCc1ccccc1. The number of carbonyl (C=O) groups excluding carboxylic acids is 1. The molecule has 4 aromatic rings. The van der Waals surface area contributed by atoms with Crippen molar-refractivity contribution < 1.29 is 9.53 Å². The number of esters is 1. The van der Waals surface area contributed by atoms with Crippen molar-refractivity contribution >= 4 is 27.5 Å². The smallest absolute Gasteiger partial charge is 0.332 e. The molecule has 7 heteroatoms. The van der Waals surface area contributed by atoms with E-state index in [0.717, 1.165) is 21.6 Å². The summed E-state index contributed by atoms with van der Waals surface area (Å²) in [4.78, 5) is 40.5. The molecule has 0 atom stereocenters. The second kappa shape index (κ2) is 9.36. The van der Waals surface area contributed by atoms with Gasteiger partial charge in [0.15, 0.2) is 0 Å². The van der Waals surface area contributed by atoms with Crippen LogP contribution >= 0.6 is 11.3 Å². The van der Waals surface area contributed by atoms with Crippen LogP contribution in [-0.2, 0) is 35.6 Å². The second-order valence-corrected chi connectivity index (χ2v) is 8.87. The van der Waals surface area contributed by atoms with Gasteiger partial charge >= 0.3 is 11.7 Å². The minimum absolute atomic E-state index is 0.133. The predicted octanol–water partition coefficient (Wildman–Crippen LogP) is 3.83. The molecule has 0 aliphatic heterocycles. The van der Waals surface area contributed by atoms with Crippen molar-refractivity contribution in [3.05, 3.63) is 103 Å². The lowest BCUT2D eigenvalue weighted by Gasteiger charge is -2.12. The van der Waals surface area contributed by atoms with Crippen molar-refractivity contribution in [3.8, 4) is 0 Å². The number of benzene rings is 2. The van der Waals surface area contributed by atoms with Crippen LogP contribution in [-0.4, -0.2) is 15.1 Å². The number of carbonyl (C=O) groups is 1. The minimum Gasteiger partial charge on any atom is -0.459 e. The minimum atomic E-state index is -0.519. The van der Waals surface area contributed by atoms with Gasteiger partial charge in [0, 0.05) is 11.4 Å². The van der Waals surface area contributed by atoms with Crippen LogP contribution in [0, 0.1) is 13.8 Å². The van der Waals surface area contributed by atoms with Gasteiger partial charge in [-0.05, 0) is 37.0 Å². The van der Waals surface area contributed by atoms with Crippen molar-refractivity contribution in [2.75, 3.05) is 0 Å². The fraction of sp³-hybridized carbons (Fsp3) is 0.240. The van der Waals surface area contributed by atoms with E-state index < -0.39 is 11.7 Å². The zero-order chi connectivity index (χ0) is 22.7. The van der Waals surface area contributed by atoms with E-state index in [0.29, 0.717) is 16.6 Å². The molecule has 0 bridgehead atoms. The molecular formula is C25H24N2O4S. The van der Waals surface area contributed by atoms with Crippen molar-refractivity contribution in [2.24, 2.45) is 0 Å². The number of hydrogen-bond acceptors (Lipinski definition) is 5. The van der Waals surface area contributed by atoms with E-state index in [4.69, 9.17) is 4.74 Å². The number of aromatic nitrogens is 2. The second-order valence-electron chi connectivity index (χ2n) is 7.67. The Morgan fingerprint density at radius 3 is 2.19 bits per heavy atom. The lowest BCUT2D eigenvalue weighted by Crippen LogP contribution is -2.41. The lowest BCUT2D eigenvalue weighted by molar-refractivity contribution is -0.145. The number of aryl methyl sites for hydroxylation is 3. The third-order valence-corrected chi connectivity index (χ3v) is 6.76. The predicted molar refractivity (Wildman–Crippen MR) is 126 cm³/mol. The molecule has 0 aliphatic rings. The molecule has 0 fully saturated rings. The first-order valence-electron chi connectivity index (χ1n) is 10.4. The Kier molecular flexibility index (Phi) is 6.37. The molecular weight excluding hydrogens is 424 g/mol. The molecule has 6 nitrogen and oxygen atoms in total. The first-order valence-corrected chi connectivity index (χ1v) is 11.2. The van der Waals surface area contributed by atoms with Crippen LogP contribution in [0.15, 0.2) is 70.3 Å². The van der Waals surface area contributed by atoms with Crippen molar-refractivity contribution in [3.63, 3.8) is 0 Å². The van der Waals surface area contributed by atoms with E-state index >= 15 is 0 Å². The van der Waals surface area contributed by atoms with E-state index in [-0.39, 0.29) is 25.3 Å². The summed E-state index contributed by atoms with van der Waals surface area (Å²) >= 11 is 1.36. The Labute approximate surface area is 189 Å². The van der Waals surface area contributed by atoms with Crippen LogP contribution in [0.3, 0.4) is 0 Å². The largest absolute Gasteiger partial charge is 0.459 e. The summed E-state index contributed by atoms with van der Waals surface area (Å²) in [5.41, 5.74) is 1.95. The van der Waals surface area contributed by atoms with E-state index in [9.17, 15) is 14.4 Å². The Morgan fingerprint density at radius 2 is 1.53 bits per heavy atom. The Balaban J connectivity index is 1.67. The van der Waals surface area contributed by atoms with Gasteiger partial charge in [0.2, 0.25) is 0 Å². The van der Waals surface area contributed by atoms with Crippen LogP contribution in [0.4, 0.5) is 0 Å². The zero-order valence-corrected chi connectivity index (χ0v) is 18.9. The van der Waals surface area contributed by atoms with Crippen LogP contribution < -0.4 is 11.2 Å². The fourth-order valence-electron chi connectivity index (χ4n) is 3.64. The van der Waals surface area contributed by atoms with E-state index in [1.54, 1.807) is 0 Å². The number of thiophene rings is 1. The molecule has 2 aromatic heterocycles. The highest BCUT2D eigenvalue weighted by Crippen LogP contribution is 2.26. The van der Waals surface area contributed by atoms with Crippen molar-refractivity contribution in [1.82, 2.24) is 9.13 Å². The number of nitrogens with zero attached hydrogens (tertiary/aromatic N) is 2. The lowest BCUT2D eigenvalue weighted by atomic mass is 10.1. The standard InChI is InChI=1S/C25H24N2O4S/c1-17-18(2)32-24-22(17)23(29)26(14-13-19-9-5-3-6-10-19)25(30)27(24)15-21(28)31-16-20-11-7-4-8-12-20/h3-12H,13-16H2,1-2H3. The molecule has 0 aliphatic carbocycles. The number of ether oxygens (including phenoxy) is 1. The third kappa shape index (κ3) is 4.43. The van der Waals surface area contributed by atoms with Crippen molar-refractivity contribution in [1.29, 1.82) is 0 Å². The van der Waals surface area contributed by atoms with E-state index in [1.807, 2.05) is 74.5 Å². The molecule has 0 N–H and O–H groups in total. The van der Waals surface area contributed by atoms with Gasteiger partial charge in [-0.1, -0.05) is 60.7 Å². The molecule has 164 valence electrons. The Morgan fingerprint density at radius 1 is 0.906 bits per heavy atom. The summed E-state index contributed by atoms with van der Waals surface area (Å²) in [6.07, 6.45) is 0.544. The van der Waals surface area contributed by atoms with Gasteiger partial charge in [0.25, 0.3) is 5.56 Å². The van der Waals surface area contributed by atoms with Gasteiger partial charge < -0.3 is 4.74 Å². The Bertz CT molecular complexity index is 1370. The van der Waals surface area contributed by atoms with Crippen LogP contribution in [0.5, 0.6) is 0 Å². The van der Waals surface area contributed by atoms with Gasteiger partial charge in [0.1, 0.15) is 18.0 Å². The summed E-state index contributed by atoms with van der Waals surface area (Å²) in [5, 5.41) is 0.496. The molecule has 32 heavy (non-hydrogen) atoms. The fourth-order valence-corrected chi connectivity index (χ4v) is 4.78. The maximum Gasteiger partial charge on any atom is 0.332 e. The highest BCUT2D eigenvalue weighted by molar-refractivity contribution is 7.18. The first-order chi connectivity index (χ1) is 15.5. The zero-order valence-electron chi connectivity index (χ0n) is 18.0. The topological polar surface area (TPSA) is 70.3 Å². The highest BCUT2D eigenvalue weighted by Gasteiger charge is 2.20. The average molecular weight is 449 g/mol. The van der Waals surface area contributed by atoms with Crippen molar-refractivity contribution in [2.45, 2.75) is 40.0 Å². The summed E-state index contributed by atoms with van der Waals surface area (Å²) < 4.78 is 8.00. The highest BCUT2D eigenvalue weighted by atomic mass is 32.1. The molecule has 2 heterocycles. The molecule has 0 amide bonds. The number of rotatable bonds is 7. The van der Waals surface area contributed by atoms with Gasteiger partial charge in [-0.2, -0.15) is 0 Å².